The Balaban J connectivity index is 3.49. The van der Waals surface area contributed by atoms with E-state index in [9.17, 15) is 9.59 Å². The molecule has 1 N–H and O–H groups in total. The van der Waals surface area contributed by atoms with Crippen molar-refractivity contribution < 1.29 is 19.4 Å². The molecule has 60 valence electrons. The highest BCUT2D eigenvalue weighted by Crippen LogP contribution is 1.80. The molecule has 0 amide bonds. The first-order valence-corrected chi connectivity index (χ1v) is 2.85. The maximum Gasteiger partial charge on any atom is 0.330 e. The molecule has 11 heavy (non-hydrogen) atoms. The Morgan fingerprint density at radius 1 is 1.55 bits per heavy atom. The molecule has 0 radical (unpaired) electrons. The molecule has 0 aromatic rings. The summed E-state index contributed by atoms with van der Waals surface area (Å²) in [5.74, 6) is -1.64. The Hall–Kier alpha value is -1.58. The first kappa shape index (κ1) is 9.42. The molecule has 0 unspecified atom stereocenters. The van der Waals surface area contributed by atoms with Crippen molar-refractivity contribution in [2.24, 2.45) is 0 Å². The molecule has 4 nitrogen and oxygen atoms in total. The van der Waals surface area contributed by atoms with Crippen LogP contribution in [0.3, 0.4) is 0 Å². The normalized spacial score (nSPS) is 9.45. The Morgan fingerprint density at radius 3 is 2.64 bits per heavy atom. The fourth-order valence-electron chi connectivity index (χ4n) is 0.338. The number of carbonyl (C=O) groups is 2. The van der Waals surface area contributed by atoms with Gasteiger partial charge >= 0.3 is 11.9 Å². The monoisotopic (exact) mass is 156 g/mol. The van der Waals surface area contributed by atoms with E-state index in [1.165, 1.54) is 6.08 Å². The van der Waals surface area contributed by atoms with Crippen LogP contribution in [0, 0.1) is 0 Å². The quantitative estimate of drug-likeness (QED) is 0.471. The van der Waals surface area contributed by atoms with Crippen molar-refractivity contribution in [3.8, 4) is 0 Å². The van der Waals surface area contributed by atoms with Gasteiger partial charge < -0.3 is 9.84 Å². The topological polar surface area (TPSA) is 63.6 Å². The zero-order valence-corrected chi connectivity index (χ0v) is 5.82. The minimum absolute atomic E-state index is 0.0445. The second-order valence-electron chi connectivity index (χ2n) is 1.57. The van der Waals surface area contributed by atoms with Crippen molar-refractivity contribution in [1.29, 1.82) is 0 Å². The number of esters is 1. The number of hydrogen-bond donors (Lipinski definition) is 1. The number of ether oxygens (including phenoxy) is 1. The number of rotatable bonds is 4. The van der Waals surface area contributed by atoms with Gasteiger partial charge in [-0.25, -0.2) is 9.59 Å². The molecule has 0 aliphatic heterocycles. The van der Waals surface area contributed by atoms with Crippen LogP contribution in [-0.4, -0.2) is 23.7 Å². The van der Waals surface area contributed by atoms with Crippen LogP contribution in [0.4, 0.5) is 0 Å². The second kappa shape index (κ2) is 5.22. The average Bonchev–Trinajstić information content (AvgIpc) is 1.97. The van der Waals surface area contributed by atoms with E-state index >= 15 is 0 Å². The summed E-state index contributed by atoms with van der Waals surface area (Å²) < 4.78 is 4.43. The maximum absolute atomic E-state index is 10.3. The molecule has 0 fully saturated rings. The molecule has 0 bridgehead atoms. The van der Waals surface area contributed by atoms with Crippen LogP contribution in [0.2, 0.25) is 0 Å². The largest absolute Gasteiger partial charge is 0.478 e. The predicted octanol–water partition coefficient (Wildman–Crippen LogP) is 0.356. The van der Waals surface area contributed by atoms with Crippen LogP contribution < -0.4 is 0 Å². The van der Waals surface area contributed by atoms with Gasteiger partial charge in [0.15, 0.2) is 0 Å². The lowest BCUT2D eigenvalue weighted by Gasteiger charge is -1.93. The zero-order valence-electron chi connectivity index (χ0n) is 5.82. The molecule has 0 heterocycles. The van der Waals surface area contributed by atoms with Crippen molar-refractivity contribution in [1.82, 2.24) is 0 Å². The van der Waals surface area contributed by atoms with Gasteiger partial charge in [0.05, 0.1) is 0 Å². The van der Waals surface area contributed by atoms with Crippen LogP contribution >= 0.6 is 0 Å². The van der Waals surface area contributed by atoms with Gasteiger partial charge in [-0.2, -0.15) is 0 Å². The zero-order chi connectivity index (χ0) is 8.69. The Morgan fingerprint density at radius 2 is 2.18 bits per heavy atom. The van der Waals surface area contributed by atoms with E-state index in [1.807, 2.05) is 0 Å². The summed E-state index contributed by atoms with van der Waals surface area (Å²) in [6.45, 7) is 3.12. The van der Waals surface area contributed by atoms with Crippen LogP contribution in [0.5, 0.6) is 0 Å². The van der Waals surface area contributed by atoms with Gasteiger partial charge in [0, 0.05) is 12.2 Å². The van der Waals surface area contributed by atoms with Gasteiger partial charge in [-0.05, 0) is 6.08 Å². The highest BCUT2D eigenvalue weighted by Gasteiger charge is 1.91. The van der Waals surface area contributed by atoms with Crippen LogP contribution in [-0.2, 0) is 14.3 Å². The molecule has 0 aromatic heterocycles. The van der Waals surface area contributed by atoms with Gasteiger partial charge in [-0.1, -0.05) is 6.58 Å². The summed E-state index contributed by atoms with van der Waals surface area (Å²) in [4.78, 5) is 20.2. The van der Waals surface area contributed by atoms with Gasteiger partial charge in [-0.3, -0.25) is 0 Å². The van der Waals surface area contributed by atoms with E-state index < -0.39 is 11.9 Å². The van der Waals surface area contributed by atoms with E-state index in [-0.39, 0.29) is 6.61 Å². The van der Waals surface area contributed by atoms with Gasteiger partial charge in [-0.15, -0.1) is 0 Å². The highest BCUT2D eigenvalue weighted by atomic mass is 16.5. The molecule has 0 aliphatic rings. The molecular weight excluding hydrogens is 148 g/mol. The molecule has 0 aliphatic carbocycles. The lowest BCUT2D eigenvalue weighted by Crippen LogP contribution is -1.99. The van der Waals surface area contributed by atoms with Crippen molar-refractivity contribution in [2.75, 3.05) is 6.61 Å². The first-order valence-electron chi connectivity index (χ1n) is 2.85. The minimum atomic E-state index is -1.07. The molecular formula is C7H8O4. The first-order chi connectivity index (χ1) is 5.16. The molecule has 0 aromatic carbocycles. The van der Waals surface area contributed by atoms with Crippen molar-refractivity contribution >= 4 is 11.9 Å². The minimum Gasteiger partial charge on any atom is -0.478 e. The molecule has 0 rings (SSSR count). The summed E-state index contributed by atoms with van der Waals surface area (Å²) in [6.07, 6.45) is 3.13. The lowest BCUT2D eigenvalue weighted by molar-refractivity contribution is -0.137. The Bertz CT molecular complexity index is 193. The number of carbonyl (C=O) groups excluding carboxylic acids is 1. The van der Waals surface area contributed by atoms with Crippen LogP contribution in [0.25, 0.3) is 0 Å². The van der Waals surface area contributed by atoms with Gasteiger partial charge in [0.25, 0.3) is 0 Å². The summed E-state index contributed by atoms with van der Waals surface area (Å²) in [5.41, 5.74) is 0. The third-order valence-corrected chi connectivity index (χ3v) is 0.749. The summed E-state index contributed by atoms with van der Waals surface area (Å²) in [6, 6.07) is 0. The van der Waals surface area contributed by atoms with Crippen molar-refractivity contribution in [3.63, 3.8) is 0 Å². The van der Waals surface area contributed by atoms with Gasteiger partial charge in [0.2, 0.25) is 0 Å². The fraction of sp³-hybridized carbons (Fsp3) is 0.143. The Labute approximate surface area is 63.8 Å². The number of carboxylic acids is 1. The van der Waals surface area contributed by atoms with Crippen molar-refractivity contribution in [2.45, 2.75) is 0 Å². The maximum atomic E-state index is 10.3. The smallest absolute Gasteiger partial charge is 0.330 e. The fourth-order valence-corrected chi connectivity index (χ4v) is 0.338. The van der Waals surface area contributed by atoms with E-state index in [0.29, 0.717) is 0 Å². The predicted molar refractivity (Wildman–Crippen MR) is 37.9 cm³/mol. The third kappa shape index (κ3) is 6.30. The van der Waals surface area contributed by atoms with Gasteiger partial charge in [0.1, 0.15) is 6.61 Å². The Kier molecular flexibility index (Phi) is 4.47. The van der Waals surface area contributed by atoms with Crippen LogP contribution in [0.15, 0.2) is 24.8 Å². The number of hydrogen-bond acceptors (Lipinski definition) is 3. The molecule has 4 heteroatoms. The molecule has 0 spiro atoms. The highest BCUT2D eigenvalue weighted by molar-refractivity contribution is 5.81. The van der Waals surface area contributed by atoms with Crippen LogP contribution in [0.1, 0.15) is 0 Å². The summed E-state index contributed by atoms with van der Waals surface area (Å²) in [5, 5.41) is 8.09. The second-order valence-corrected chi connectivity index (χ2v) is 1.57. The summed E-state index contributed by atoms with van der Waals surface area (Å²) in [7, 11) is 0. The molecule has 0 saturated heterocycles. The standard InChI is InChI=1S/C7H8O4/c1-2-7(10)11-5-3-4-6(8)9/h2-4H,1,5H2,(H,8,9). The molecule has 0 saturated carbocycles. The average molecular weight is 156 g/mol. The van der Waals surface area contributed by atoms with E-state index in [0.717, 1.165) is 12.2 Å². The number of carboxylic acid groups (broad SMARTS) is 1. The van der Waals surface area contributed by atoms with E-state index in [4.69, 9.17) is 5.11 Å². The number of aliphatic carboxylic acids is 1. The van der Waals surface area contributed by atoms with E-state index in [1.54, 1.807) is 0 Å². The third-order valence-electron chi connectivity index (χ3n) is 0.749. The summed E-state index contributed by atoms with van der Waals surface area (Å²) >= 11 is 0. The lowest BCUT2D eigenvalue weighted by atomic mass is 10.5. The molecule has 0 atom stereocenters. The SMILES string of the molecule is C=CC(=O)OCC=CC(=O)O. The van der Waals surface area contributed by atoms with Crippen molar-refractivity contribution in [3.05, 3.63) is 24.8 Å². The van der Waals surface area contributed by atoms with E-state index in [2.05, 4.69) is 11.3 Å².